The summed E-state index contributed by atoms with van der Waals surface area (Å²) in [5.74, 6) is 5.51. The van der Waals surface area contributed by atoms with Crippen LogP contribution in [0.25, 0.3) is 0 Å². The van der Waals surface area contributed by atoms with Crippen molar-refractivity contribution < 1.29 is 30.3 Å². The molecule has 6 nitrogen and oxygen atoms in total. The van der Waals surface area contributed by atoms with Crippen molar-refractivity contribution in [2.75, 3.05) is 19.8 Å². The minimum Gasteiger partial charge on any atom is -0.395 e. The fourth-order valence-corrected chi connectivity index (χ4v) is 6.82. The first-order chi connectivity index (χ1) is 14.5. The molecule has 5 N–H and O–H groups in total. The molecule has 0 bridgehead atoms. The van der Waals surface area contributed by atoms with Crippen LogP contribution in [0.15, 0.2) is 30.3 Å². The average molecular weight is 449 g/mol. The highest BCUT2D eigenvalue weighted by Crippen LogP contribution is 2.53. The van der Waals surface area contributed by atoms with Crippen molar-refractivity contribution in [3.05, 3.63) is 56.8 Å². The minimum atomic E-state index is -1.40. The van der Waals surface area contributed by atoms with Gasteiger partial charge in [0.1, 0.15) is 18.8 Å². The molecule has 0 saturated carbocycles. The summed E-state index contributed by atoms with van der Waals surface area (Å²) >= 11 is 2.84. The second-order valence-electron chi connectivity index (χ2n) is 7.41. The highest BCUT2D eigenvalue weighted by Gasteiger charge is 2.56. The SMILES string of the molecule is OCC#Cc1ccc(Cc2cc3c(s2)CCO[C@]32S[C@H](CO)[C@@H](O)[C@H](O)[C@H]2O)cc1. The van der Waals surface area contributed by atoms with E-state index in [1.807, 2.05) is 30.3 Å². The van der Waals surface area contributed by atoms with E-state index in [2.05, 4.69) is 11.8 Å². The molecule has 0 unspecified atom stereocenters. The smallest absolute Gasteiger partial charge is 0.169 e. The molecule has 5 atom stereocenters. The molecule has 1 saturated heterocycles. The lowest BCUT2D eigenvalue weighted by Gasteiger charge is -2.49. The summed E-state index contributed by atoms with van der Waals surface area (Å²) in [6.45, 7) is -0.0895. The third-order valence-corrected chi connectivity index (χ3v) is 8.33. The first-order valence-corrected chi connectivity index (χ1v) is 11.5. The van der Waals surface area contributed by atoms with E-state index in [-0.39, 0.29) is 13.2 Å². The Kier molecular flexibility index (Phi) is 6.53. The Morgan fingerprint density at radius 2 is 1.87 bits per heavy atom. The number of hydrogen-bond donors (Lipinski definition) is 5. The van der Waals surface area contributed by atoms with Crippen LogP contribution in [-0.2, 0) is 22.5 Å². The van der Waals surface area contributed by atoms with Gasteiger partial charge in [0.15, 0.2) is 4.93 Å². The fraction of sp³-hybridized carbons (Fsp3) is 0.455. The van der Waals surface area contributed by atoms with Gasteiger partial charge in [-0.25, -0.2) is 0 Å². The van der Waals surface area contributed by atoms with Crippen LogP contribution in [0.5, 0.6) is 0 Å². The molecule has 0 aliphatic carbocycles. The van der Waals surface area contributed by atoms with Gasteiger partial charge in [0.05, 0.1) is 24.6 Å². The number of thioether (sulfide) groups is 1. The molecule has 2 aromatic rings. The Bertz CT molecular complexity index is 945. The third-order valence-electron chi connectivity index (χ3n) is 5.48. The van der Waals surface area contributed by atoms with Gasteiger partial charge in [-0.05, 0) is 23.8 Å². The Hall–Kier alpha value is -1.41. The summed E-state index contributed by atoms with van der Waals surface area (Å²) in [6, 6.07) is 9.84. The van der Waals surface area contributed by atoms with Crippen LogP contribution in [0.1, 0.15) is 26.4 Å². The molecule has 3 heterocycles. The monoisotopic (exact) mass is 448 g/mol. The third kappa shape index (κ3) is 3.93. The molecular weight excluding hydrogens is 424 g/mol. The Morgan fingerprint density at radius 1 is 1.10 bits per heavy atom. The molecule has 0 amide bonds. The largest absolute Gasteiger partial charge is 0.395 e. The number of fused-ring (bicyclic) bond motifs is 2. The maximum atomic E-state index is 10.8. The molecular formula is C22H24O6S2. The highest BCUT2D eigenvalue weighted by molar-refractivity contribution is 8.00. The molecule has 8 heteroatoms. The topological polar surface area (TPSA) is 110 Å². The zero-order valence-corrected chi connectivity index (χ0v) is 17.8. The first kappa shape index (κ1) is 21.8. The zero-order chi connectivity index (χ0) is 21.3. The Labute approximate surface area is 183 Å². The number of aliphatic hydroxyl groups excluding tert-OH is 5. The maximum Gasteiger partial charge on any atom is 0.169 e. The lowest BCUT2D eigenvalue weighted by Crippen LogP contribution is -2.60. The van der Waals surface area contributed by atoms with Gasteiger partial charge in [-0.3, -0.25) is 0 Å². The fourth-order valence-electron chi connectivity index (χ4n) is 3.96. The van der Waals surface area contributed by atoms with E-state index < -0.39 is 28.5 Å². The molecule has 1 aromatic heterocycles. The molecule has 0 radical (unpaired) electrons. The molecule has 30 heavy (non-hydrogen) atoms. The van der Waals surface area contributed by atoms with Gasteiger partial charge in [0.25, 0.3) is 0 Å². The molecule has 1 aromatic carbocycles. The van der Waals surface area contributed by atoms with Crippen LogP contribution in [0.4, 0.5) is 0 Å². The van der Waals surface area contributed by atoms with Crippen molar-refractivity contribution in [3.63, 3.8) is 0 Å². The number of rotatable bonds is 3. The van der Waals surface area contributed by atoms with Gasteiger partial charge in [-0.15, -0.1) is 23.1 Å². The highest BCUT2D eigenvalue weighted by atomic mass is 32.2. The van der Waals surface area contributed by atoms with Crippen molar-refractivity contribution in [1.82, 2.24) is 0 Å². The Morgan fingerprint density at radius 3 is 2.57 bits per heavy atom. The van der Waals surface area contributed by atoms with E-state index in [0.717, 1.165) is 26.4 Å². The van der Waals surface area contributed by atoms with E-state index >= 15 is 0 Å². The van der Waals surface area contributed by atoms with E-state index in [4.69, 9.17) is 9.84 Å². The van der Waals surface area contributed by atoms with E-state index in [1.54, 1.807) is 11.3 Å². The van der Waals surface area contributed by atoms with E-state index in [1.165, 1.54) is 11.8 Å². The van der Waals surface area contributed by atoms with E-state index in [9.17, 15) is 20.4 Å². The summed E-state index contributed by atoms with van der Waals surface area (Å²) < 4.78 is 6.01. The van der Waals surface area contributed by atoms with Crippen LogP contribution in [0, 0.1) is 11.8 Å². The molecule has 160 valence electrons. The van der Waals surface area contributed by atoms with Gasteiger partial charge >= 0.3 is 0 Å². The summed E-state index contributed by atoms with van der Waals surface area (Å²) in [5.41, 5.74) is 2.77. The number of ether oxygens (including phenoxy) is 1. The van der Waals surface area contributed by atoms with Crippen LogP contribution in [0.2, 0.25) is 0 Å². The second kappa shape index (κ2) is 8.99. The number of aliphatic hydroxyl groups is 5. The summed E-state index contributed by atoms with van der Waals surface area (Å²) in [4.78, 5) is 1.000. The number of thiophene rings is 1. The lowest BCUT2D eigenvalue weighted by molar-refractivity contribution is -0.155. The van der Waals surface area contributed by atoms with Gasteiger partial charge in [-0.1, -0.05) is 24.0 Å². The minimum absolute atomic E-state index is 0.168. The van der Waals surface area contributed by atoms with Gasteiger partial charge in [-0.2, -0.15) is 0 Å². The second-order valence-corrected chi connectivity index (χ2v) is 10.1. The molecule has 4 rings (SSSR count). The van der Waals surface area contributed by atoms with Crippen LogP contribution < -0.4 is 0 Å². The van der Waals surface area contributed by atoms with Crippen LogP contribution in [-0.4, -0.2) is 68.9 Å². The quantitative estimate of drug-likeness (QED) is 0.438. The van der Waals surface area contributed by atoms with Crippen LogP contribution >= 0.6 is 23.1 Å². The lowest BCUT2D eigenvalue weighted by atomic mass is 9.92. The average Bonchev–Trinajstić information content (AvgIpc) is 3.18. The predicted molar refractivity (Wildman–Crippen MR) is 115 cm³/mol. The normalized spacial score (nSPS) is 30.6. The van der Waals surface area contributed by atoms with Crippen molar-refractivity contribution in [3.8, 4) is 11.8 Å². The van der Waals surface area contributed by atoms with Gasteiger partial charge in [0.2, 0.25) is 0 Å². The van der Waals surface area contributed by atoms with Crippen molar-refractivity contribution in [2.24, 2.45) is 0 Å². The standard InChI is InChI=1S/C22H24O6S2/c23-8-1-2-13-3-5-14(6-4-13)10-15-11-16-17(29-15)7-9-28-22(16)21(27)20(26)19(25)18(12-24)30-22/h3-6,11,18-21,23-27H,7-10,12H2/t18-,19-,20+,21-,22+/m1/s1. The molecule has 2 aliphatic heterocycles. The van der Waals surface area contributed by atoms with Gasteiger partial charge in [0, 0.05) is 33.7 Å². The van der Waals surface area contributed by atoms with Crippen molar-refractivity contribution >= 4 is 23.1 Å². The number of benzene rings is 1. The first-order valence-electron chi connectivity index (χ1n) is 9.76. The molecule has 2 aliphatic rings. The van der Waals surface area contributed by atoms with E-state index in [0.29, 0.717) is 19.4 Å². The number of hydrogen-bond acceptors (Lipinski definition) is 8. The molecule has 1 spiro atoms. The summed E-state index contributed by atoms with van der Waals surface area (Å²) in [7, 11) is 0. The van der Waals surface area contributed by atoms with Crippen molar-refractivity contribution in [2.45, 2.75) is 41.3 Å². The van der Waals surface area contributed by atoms with Crippen molar-refractivity contribution in [1.29, 1.82) is 0 Å². The molecule has 1 fully saturated rings. The van der Waals surface area contributed by atoms with Crippen LogP contribution in [0.3, 0.4) is 0 Å². The predicted octanol–water partition coefficient (Wildman–Crippen LogP) is 0.599. The Balaban J connectivity index is 1.61. The zero-order valence-electron chi connectivity index (χ0n) is 16.2. The summed E-state index contributed by atoms with van der Waals surface area (Å²) in [5, 5.41) is 49.2. The van der Waals surface area contributed by atoms with Gasteiger partial charge < -0.3 is 30.3 Å². The summed E-state index contributed by atoms with van der Waals surface area (Å²) in [6.07, 6.45) is -2.50. The maximum absolute atomic E-state index is 10.8.